The molecule has 0 fully saturated rings. The number of fused-ring (bicyclic) bond motifs is 1. The van der Waals surface area contributed by atoms with E-state index in [1.54, 1.807) is 0 Å². The fraction of sp³-hybridized carbons (Fsp3) is 0.500. The molecule has 1 aromatic carbocycles. The van der Waals surface area contributed by atoms with E-state index in [0.29, 0.717) is 5.92 Å². The number of hydrogen-bond donors (Lipinski definition) is 1. The SMILES string of the molecule is CCC(C)c1ccc2c(c1)C(C)(C)C(=O)N2. The Morgan fingerprint density at radius 2 is 2.06 bits per heavy atom. The van der Waals surface area contributed by atoms with Crippen LogP contribution in [-0.2, 0) is 10.2 Å². The average Bonchev–Trinajstić information content (AvgIpc) is 2.49. The molecule has 1 atom stereocenters. The van der Waals surface area contributed by atoms with Crippen molar-refractivity contribution in [1.82, 2.24) is 0 Å². The minimum Gasteiger partial charge on any atom is -0.325 e. The van der Waals surface area contributed by atoms with E-state index >= 15 is 0 Å². The van der Waals surface area contributed by atoms with Gasteiger partial charge in [-0.1, -0.05) is 26.0 Å². The molecule has 0 saturated carbocycles. The highest BCUT2D eigenvalue weighted by atomic mass is 16.2. The molecule has 2 nitrogen and oxygen atoms in total. The molecule has 0 radical (unpaired) electrons. The quantitative estimate of drug-likeness (QED) is 0.808. The maximum Gasteiger partial charge on any atom is 0.234 e. The van der Waals surface area contributed by atoms with Crippen molar-refractivity contribution in [2.24, 2.45) is 0 Å². The van der Waals surface area contributed by atoms with Gasteiger partial charge in [0.25, 0.3) is 0 Å². The van der Waals surface area contributed by atoms with Crippen LogP contribution in [0.4, 0.5) is 5.69 Å². The highest BCUT2D eigenvalue weighted by Crippen LogP contribution is 2.38. The molecule has 1 heterocycles. The first-order chi connectivity index (χ1) is 7.46. The topological polar surface area (TPSA) is 29.1 Å². The second-order valence-electron chi connectivity index (χ2n) is 5.19. The lowest BCUT2D eigenvalue weighted by Gasteiger charge is -2.17. The molecule has 1 unspecified atom stereocenters. The van der Waals surface area contributed by atoms with Gasteiger partial charge in [0.1, 0.15) is 0 Å². The van der Waals surface area contributed by atoms with Gasteiger partial charge in [0.2, 0.25) is 5.91 Å². The zero-order valence-electron chi connectivity index (χ0n) is 10.4. The summed E-state index contributed by atoms with van der Waals surface area (Å²) in [4.78, 5) is 11.8. The van der Waals surface area contributed by atoms with Gasteiger partial charge in [0.15, 0.2) is 0 Å². The lowest BCUT2D eigenvalue weighted by molar-refractivity contribution is -0.119. The predicted molar refractivity (Wildman–Crippen MR) is 66.8 cm³/mol. The summed E-state index contributed by atoms with van der Waals surface area (Å²) < 4.78 is 0. The minimum absolute atomic E-state index is 0.101. The first-order valence-electron chi connectivity index (χ1n) is 5.92. The fourth-order valence-corrected chi connectivity index (χ4v) is 2.13. The van der Waals surface area contributed by atoms with E-state index in [-0.39, 0.29) is 5.91 Å². The highest BCUT2D eigenvalue weighted by Gasteiger charge is 2.38. The van der Waals surface area contributed by atoms with Crippen molar-refractivity contribution in [3.05, 3.63) is 29.3 Å². The van der Waals surface area contributed by atoms with Crippen LogP contribution < -0.4 is 5.32 Å². The van der Waals surface area contributed by atoms with E-state index in [2.05, 4.69) is 31.3 Å². The summed E-state index contributed by atoms with van der Waals surface area (Å²) in [5.74, 6) is 0.653. The lowest BCUT2D eigenvalue weighted by Crippen LogP contribution is -2.26. The molecule has 2 rings (SSSR count). The van der Waals surface area contributed by atoms with E-state index < -0.39 is 5.41 Å². The molecule has 0 aliphatic carbocycles. The molecule has 16 heavy (non-hydrogen) atoms. The number of hydrogen-bond acceptors (Lipinski definition) is 1. The molecule has 2 heteroatoms. The third kappa shape index (κ3) is 1.53. The molecule has 1 aliphatic rings. The maximum atomic E-state index is 11.8. The Kier molecular flexibility index (Phi) is 2.53. The van der Waals surface area contributed by atoms with Crippen LogP contribution in [0.5, 0.6) is 0 Å². The summed E-state index contributed by atoms with van der Waals surface area (Å²) >= 11 is 0. The molecule has 86 valence electrons. The van der Waals surface area contributed by atoms with Crippen molar-refractivity contribution in [3.63, 3.8) is 0 Å². The number of benzene rings is 1. The van der Waals surface area contributed by atoms with Gasteiger partial charge in [0.05, 0.1) is 5.41 Å². The third-order valence-corrected chi connectivity index (χ3v) is 3.71. The van der Waals surface area contributed by atoms with Gasteiger partial charge >= 0.3 is 0 Å². The van der Waals surface area contributed by atoms with Crippen molar-refractivity contribution in [1.29, 1.82) is 0 Å². The molecular weight excluding hydrogens is 198 g/mol. The Hall–Kier alpha value is -1.31. The standard InChI is InChI=1S/C14H19NO/c1-5-9(2)10-6-7-12-11(8-10)14(3,4)13(16)15-12/h6-9H,5H2,1-4H3,(H,15,16). The molecule has 0 bridgehead atoms. The molecule has 1 aromatic rings. The van der Waals surface area contributed by atoms with Crippen molar-refractivity contribution in [2.45, 2.75) is 45.4 Å². The molecule has 0 saturated heterocycles. The highest BCUT2D eigenvalue weighted by molar-refractivity contribution is 6.05. The van der Waals surface area contributed by atoms with E-state index in [0.717, 1.165) is 17.7 Å². The number of carbonyl (C=O) groups is 1. The van der Waals surface area contributed by atoms with E-state index in [4.69, 9.17) is 0 Å². The Balaban J connectivity index is 2.48. The van der Waals surface area contributed by atoms with Crippen LogP contribution >= 0.6 is 0 Å². The summed E-state index contributed by atoms with van der Waals surface area (Å²) in [5, 5.41) is 2.93. The second-order valence-corrected chi connectivity index (χ2v) is 5.19. The largest absolute Gasteiger partial charge is 0.325 e. The number of anilines is 1. The second kappa shape index (κ2) is 3.62. The van der Waals surface area contributed by atoms with Crippen LogP contribution in [0.1, 0.15) is 51.2 Å². The van der Waals surface area contributed by atoms with Gasteiger partial charge in [-0.2, -0.15) is 0 Å². The fourth-order valence-electron chi connectivity index (χ4n) is 2.13. The van der Waals surface area contributed by atoms with Gasteiger partial charge in [-0.3, -0.25) is 4.79 Å². The molecule has 1 aliphatic heterocycles. The summed E-state index contributed by atoms with van der Waals surface area (Å²) in [6.45, 7) is 8.37. The van der Waals surface area contributed by atoms with Crippen molar-refractivity contribution >= 4 is 11.6 Å². The van der Waals surface area contributed by atoms with Gasteiger partial charge in [0, 0.05) is 5.69 Å². The predicted octanol–water partition coefficient (Wildman–Crippen LogP) is 3.43. The Bertz CT molecular complexity index is 434. The summed E-state index contributed by atoms with van der Waals surface area (Å²) in [7, 11) is 0. The van der Waals surface area contributed by atoms with E-state index in [9.17, 15) is 4.79 Å². The zero-order chi connectivity index (χ0) is 11.9. The van der Waals surface area contributed by atoms with Crippen LogP contribution in [0.15, 0.2) is 18.2 Å². The number of rotatable bonds is 2. The van der Waals surface area contributed by atoms with Crippen molar-refractivity contribution < 1.29 is 4.79 Å². The summed E-state index contributed by atoms with van der Waals surface area (Å²) in [6, 6.07) is 6.33. The monoisotopic (exact) mass is 217 g/mol. The van der Waals surface area contributed by atoms with Crippen LogP contribution in [0.25, 0.3) is 0 Å². The number of amides is 1. The van der Waals surface area contributed by atoms with Crippen LogP contribution in [0.3, 0.4) is 0 Å². The average molecular weight is 217 g/mol. The number of carbonyl (C=O) groups excluding carboxylic acids is 1. The van der Waals surface area contributed by atoms with Gasteiger partial charge in [-0.15, -0.1) is 0 Å². The smallest absolute Gasteiger partial charge is 0.234 e. The molecule has 1 N–H and O–H groups in total. The summed E-state index contributed by atoms with van der Waals surface area (Å²) in [5.41, 5.74) is 3.04. The van der Waals surface area contributed by atoms with Crippen LogP contribution in [0, 0.1) is 0 Å². The normalized spacial score (nSPS) is 19.1. The Morgan fingerprint density at radius 1 is 1.38 bits per heavy atom. The zero-order valence-corrected chi connectivity index (χ0v) is 10.4. The minimum atomic E-state index is -0.390. The van der Waals surface area contributed by atoms with E-state index in [1.807, 2.05) is 19.9 Å². The Labute approximate surface area is 97.1 Å². The first-order valence-corrected chi connectivity index (χ1v) is 5.92. The first kappa shape index (κ1) is 11.2. The lowest BCUT2D eigenvalue weighted by atomic mass is 9.84. The van der Waals surface area contributed by atoms with Gasteiger partial charge in [-0.25, -0.2) is 0 Å². The van der Waals surface area contributed by atoms with Crippen molar-refractivity contribution in [3.8, 4) is 0 Å². The molecule has 1 amide bonds. The number of nitrogens with one attached hydrogen (secondary N) is 1. The summed E-state index contributed by atoms with van der Waals surface area (Å²) in [6.07, 6.45) is 1.13. The van der Waals surface area contributed by atoms with Crippen LogP contribution in [-0.4, -0.2) is 5.91 Å². The maximum absolute atomic E-state index is 11.8. The van der Waals surface area contributed by atoms with Crippen molar-refractivity contribution in [2.75, 3.05) is 5.32 Å². The van der Waals surface area contributed by atoms with Crippen LogP contribution in [0.2, 0.25) is 0 Å². The van der Waals surface area contributed by atoms with Gasteiger partial charge < -0.3 is 5.32 Å². The molecular formula is C14H19NO. The molecule has 0 aromatic heterocycles. The van der Waals surface area contributed by atoms with Gasteiger partial charge in [-0.05, 0) is 43.4 Å². The van der Waals surface area contributed by atoms with E-state index in [1.165, 1.54) is 5.56 Å². The Morgan fingerprint density at radius 3 is 2.69 bits per heavy atom. The third-order valence-electron chi connectivity index (χ3n) is 3.71. The molecule has 0 spiro atoms.